The fraction of sp³-hybridized carbons (Fsp3) is 0.480. The van der Waals surface area contributed by atoms with Crippen LogP contribution in [0.1, 0.15) is 55.5 Å². The molecule has 1 saturated heterocycles. The first-order chi connectivity index (χ1) is 16.3. The molecule has 8 nitrogen and oxygen atoms in total. The van der Waals surface area contributed by atoms with Gasteiger partial charge in [-0.05, 0) is 44.4 Å². The van der Waals surface area contributed by atoms with Gasteiger partial charge in [0, 0.05) is 31.6 Å². The number of rotatable bonds is 8. The van der Waals surface area contributed by atoms with Gasteiger partial charge in [0.15, 0.2) is 17.1 Å². The van der Waals surface area contributed by atoms with Crippen LogP contribution in [-0.4, -0.2) is 45.4 Å². The highest BCUT2D eigenvalue weighted by atomic mass is 35.5. The third-order valence-corrected chi connectivity index (χ3v) is 6.19. The summed E-state index contributed by atoms with van der Waals surface area (Å²) in [6.07, 6.45) is 2.24. The van der Waals surface area contributed by atoms with Crippen LogP contribution in [0.15, 0.2) is 29.1 Å². The molecule has 0 aliphatic carbocycles. The summed E-state index contributed by atoms with van der Waals surface area (Å²) in [5.74, 6) is 0.573. The lowest BCUT2D eigenvalue weighted by Crippen LogP contribution is -2.33. The minimum atomic E-state index is -0.314. The Morgan fingerprint density at radius 1 is 1.38 bits per heavy atom. The van der Waals surface area contributed by atoms with E-state index < -0.39 is 0 Å². The van der Waals surface area contributed by atoms with E-state index in [0.717, 1.165) is 18.4 Å². The summed E-state index contributed by atoms with van der Waals surface area (Å²) < 4.78 is 15.0. The summed E-state index contributed by atoms with van der Waals surface area (Å²) in [6.45, 7) is 7.13. The maximum atomic E-state index is 13.8. The van der Waals surface area contributed by atoms with Gasteiger partial charge in [-0.15, -0.1) is 0 Å². The topological polar surface area (TPSA) is 87.4 Å². The Morgan fingerprint density at radius 2 is 2.18 bits per heavy atom. The van der Waals surface area contributed by atoms with E-state index in [2.05, 4.69) is 5.32 Å². The molecule has 182 valence electrons. The van der Waals surface area contributed by atoms with Crippen LogP contribution < -0.4 is 15.6 Å². The van der Waals surface area contributed by atoms with Crippen molar-refractivity contribution in [3.05, 3.63) is 56.7 Å². The number of nitrogens with zero attached hydrogens (tertiary/aromatic N) is 3. The number of fused-ring (bicyclic) bond motifs is 1. The van der Waals surface area contributed by atoms with Crippen LogP contribution in [0.4, 0.5) is 0 Å². The quantitative estimate of drug-likeness (QED) is 0.524. The van der Waals surface area contributed by atoms with Crippen molar-refractivity contribution in [3.8, 4) is 5.75 Å². The minimum absolute atomic E-state index is 0.00726. The van der Waals surface area contributed by atoms with Crippen molar-refractivity contribution < 1.29 is 14.3 Å². The Labute approximate surface area is 203 Å². The van der Waals surface area contributed by atoms with E-state index in [1.165, 1.54) is 0 Å². The monoisotopic (exact) mass is 486 g/mol. The second-order valence-corrected chi connectivity index (χ2v) is 9.29. The highest BCUT2D eigenvalue weighted by Crippen LogP contribution is 2.31. The number of hydrogen-bond donors (Lipinski definition) is 1. The molecule has 1 fully saturated rings. The summed E-state index contributed by atoms with van der Waals surface area (Å²) in [5, 5.41) is 3.86. The number of aromatic nitrogens is 3. The number of amides is 1. The predicted octanol–water partition coefficient (Wildman–Crippen LogP) is 3.70. The molecule has 1 aliphatic rings. The van der Waals surface area contributed by atoms with Gasteiger partial charge in [-0.3, -0.25) is 14.2 Å². The SMILES string of the molecule is CCc1nc2c(c(OC(C)C)c(C(=O)NCC3CCCO3)n2C)c(=O)n1Cc1cccc(Cl)c1. The van der Waals surface area contributed by atoms with Crippen LogP contribution >= 0.6 is 11.6 Å². The van der Waals surface area contributed by atoms with Crippen molar-refractivity contribution >= 4 is 28.5 Å². The van der Waals surface area contributed by atoms with Crippen LogP contribution in [0.25, 0.3) is 11.0 Å². The Balaban J connectivity index is 1.83. The largest absolute Gasteiger partial charge is 0.488 e. The number of nitrogens with one attached hydrogen (secondary N) is 1. The Morgan fingerprint density at radius 3 is 2.82 bits per heavy atom. The first-order valence-electron chi connectivity index (χ1n) is 11.7. The molecule has 34 heavy (non-hydrogen) atoms. The van der Waals surface area contributed by atoms with Crippen LogP contribution in [0.5, 0.6) is 5.75 Å². The molecular weight excluding hydrogens is 456 g/mol. The molecule has 1 aliphatic heterocycles. The van der Waals surface area contributed by atoms with E-state index in [0.29, 0.717) is 48.0 Å². The number of benzene rings is 1. The lowest BCUT2D eigenvalue weighted by Gasteiger charge is -2.14. The van der Waals surface area contributed by atoms with Crippen LogP contribution in [0.3, 0.4) is 0 Å². The molecule has 0 radical (unpaired) electrons. The number of carbonyl (C=O) groups excluding carboxylic acids is 1. The number of aryl methyl sites for hydroxylation is 2. The zero-order chi connectivity index (χ0) is 24.4. The smallest absolute Gasteiger partial charge is 0.271 e. The van der Waals surface area contributed by atoms with Crippen LogP contribution in [-0.2, 0) is 24.8 Å². The normalized spacial score (nSPS) is 15.9. The number of hydrogen-bond acceptors (Lipinski definition) is 5. The second kappa shape index (κ2) is 10.2. The average Bonchev–Trinajstić information content (AvgIpc) is 3.40. The summed E-state index contributed by atoms with van der Waals surface area (Å²) >= 11 is 6.16. The minimum Gasteiger partial charge on any atom is -0.488 e. The third-order valence-electron chi connectivity index (χ3n) is 5.95. The van der Waals surface area contributed by atoms with E-state index in [1.807, 2.05) is 39.0 Å². The molecular formula is C25H31ClN4O4. The first kappa shape index (κ1) is 24.3. The van der Waals surface area contributed by atoms with E-state index >= 15 is 0 Å². The van der Waals surface area contributed by atoms with Gasteiger partial charge >= 0.3 is 0 Å². The predicted molar refractivity (Wildman–Crippen MR) is 132 cm³/mol. The first-order valence-corrected chi connectivity index (χ1v) is 12.1. The average molecular weight is 487 g/mol. The van der Waals surface area contributed by atoms with Gasteiger partial charge in [-0.2, -0.15) is 0 Å². The van der Waals surface area contributed by atoms with Crippen molar-refractivity contribution in [1.29, 1.82) is 0 Å². The molecule has 1 N–H and O–H groups in total. The van der Waals surface area contributed by atoms with Gasteiger partial charge in [-0.1, -0.05) is 30.7 Å². The molecule has 1 amide bonds. The molecule has 3 aromatic rings. The van der Waals surface area contributed by atoms with Crippen molar-refractivity contribution in [2.75, 3.05) is 13.2 Å². The van der Waals surface area contributed by atoms with Crippen molar-refractivity contribution in [1.82, 2.24) is 19.4 Å². The maximum absolute atomic E-state index is 13.8. The summed E-state index contributed by atoms with van der Waals surface area (Å²) in [6, 6.07) is 7.40. The molecule has 1 unspecified atom stereocenters. The van der Waals surface area contributed by atoms with Crippen LogP contribution in [0, 0.1) is 0 Å². The van der Waals surface area contributed by atoms with Gasteiger partial charge in [-0.25, -0.2) is 4.98 Å². The van der Waals surface area contributed by atoms with Gasteiger partial charge < -0.3 is 19.4 Å². The zero-order valence-corrected chi connectivity index (χ0v) is 20.8. The standard InChI is InChI=1S/C25H31ClN4O4/c1-5-19-28-23-20(25(32)30(19)14-16-8-6-9-17(26)12-16)22(34-15(2)3)21(29(23)4)24(31)27-13-18-10-7-11-33-18/h6,8-9,12,15,18H,5,7,10-11,13-14H2,1-4H3,(H,27,31). The molecule has 1 atom stereocenters. The molecule has 9 heteroatoms. The molecule has 4 rings (SSSR count). The summed E-state index contributed by atoms with van der Waals surface area (Å²) in [4.78, 5) is 31.8. The highest BCUT2D eigenvalue weighted by molar-refractivity contribution is 6.30. The van der Waals surface area contributed by atoms with E-state index in [9.17, 15) is 9.59 Å². The van der Waals surface area contributed by atoms with Crippen molar-refractivity contribution in [3.63, 3.8) is 0 Å². The summed E-state index contributed by atoms with van der Waals surface area (Å²) in [5.41, 5.74) is 1.37. The van der Waals surface area contributed by atoms with E-state index in [-0.39, 0.29) is 35.1 Å². The van der Waals surface area contributed by atoms with Gasteiger partial charge in [0.25, 0.3) is 11.5 Å². The number of carbonyl (C=O) groups is 1. The maximum Gasteiger partial charge on any atom is 0.271 e. The second-order valence-electron chi connectivity index (χ2n) is 8.85. The number of halogens is 1. The Hall–Kier alpha value is -2.84. The van der Waals surface area contributed by atoms with Crippen LogP contribution in [0.2, 0.25) is 5.02 Å². The Bertz CT molecular complexity index is 1260. The molecule has 2 aromatic heterocycles. The van der Waals surface area contributed by atoms with Gasteiger partial charge in [0.05, 0.1) is 18.8 Å². The molecule has 0 spiro atoms. The fourth-order valence-corrected chi connectivity index (χ4v) is 4.57. The lowest BCUT2D eigenvalue weighted by molar-refractivity contribution is 0.0846. The fourth-order valence-electron chi connectivity index (χ4n) is 4.36. The Kier molecular flexibility index (Phi) is 7.28. The summed E-state index contributed by atoms with van der Waals surface area (Å²) in [7, 11) is 1.74. The van der Waals surface area contributed by atoms with Crippen molar-refractivity contribution in [2.24, 2.45) is 7.05 Å². The van der Waals surface area contributed by atoms with Gasteiger partial charge in [0.2, 0.25) is 0 Å². The molecule has 0 bridgehead atoms. The zero-order valence-electron chi connectivity index (χ0n) is 20.1. The lowest BCUT2D eigenvalue weighted by atomic mass is 10.2. The number of ether oxygens (including phenoxy) is 2. The van der Waals surface area contributed by atoms with Gasteiger partial charge in [0.1, 0.15) is 11.2 Å². The molecule has 1 aromatic carbocycles. The molecule has 0 saturated carbocycles. The van der Waals surface area contributed by atoms with Crippen molar-refractivity contribution in [2.45, 2.75) is 58.8 Å². The molecule has 3 heterocycles. The third kappa shape index (κ3) is 4.83. The van der Waals surface area contributed by atoms with E-state index in [4.69, 9.17) is 26.1 Å². The van der Waals surface area contributed by atoms with E-state index in [1.54, 1.807) is 22.2 Å². The highest BCUT2D eigenvalue weighted by Gasteiger charge is 2.29.